The van der Waals surface area contributed by atoms with Crippen LogP contribution in [0.4, 0.5) is 4.79 Å². The van der Waals surface area contributed by atoms with Gasteiger partial charge in [-0.3, -0.25) is 19.2 Å². The van der Waals surface area contributed by atoms with Crippen LogP contribution in [0.2, 0.25) is 5.02 Å². The van der Waals surface area contributed by atoms with Gasteiger partial charge in [-0.2, -0.15) is 0 Å². The highest BCUT2D eigenvalue weighted by Gasteiger charge is 2.42. The van der Waals surface area contributed by atoms with E-state index in [0.29, 0.717) is 11.6 Å². The molecule has 1 aliphatic rings. The van der Waals surface area contributed by atoms with Crippen LogP contribution in [0.5, 0.6) is 0 Å². The minimum atomic E-state index is -1.01. The number of carbonyl (C=O) groups excluding carboxylic acids is 5. The first kappa shape index (κ1) is 44.8. The summed E-state index contributed by atoms with van der Waals surface area (Å²) < 4.78 is 6.15. The van der Waals surface area contributed by atoms with Gasteiger partial charge in [-0.15, -0.1) is 13.2 Å². The van der Waals surface area contributed by atoms with Crippen LogP contribution >= 0.6 is 27.5 Å². The second kappa shape index (κ2) is 20.8. The van der Waals surface area contributed by atoms with Gasteiger partial charge in [-0.25, -0.2) is 4.79 Å². The maximum Gasteiger partial charge on any atom is 0.408 e. The maximum atomic E-state index is 14.4. The fourth-order valence-corrected chi connectivity index (χ4v) is 6.48. The van der Waals surface area contributed by atoms with Crippen molar-refractivity contribution >= 4 is 57.3 Å². The number of halogens is 2. The van der Waals surface area contributed by atoms with Crippen molar-refractivity contribution in [3.8, 4) is 0 Å². The average Bonchev–Trinajstić information content (AvgIpc) is 3.91. The highest BCUT2D eigenvalue weighted by molar-refractivity contribution is 9.10. The largest absolute Gasteiger partial charge is 0.444 e. The lowest BCUT2D eigenvalue weighted by Crippen LogP contribution is -2.59. The number of hydrogen-bond donors (Lipinski definition) is 2. The van der Waals surface area contributed by atoms with E-state index in [2.05, 4.69) is 39.7 Å². The molecule has 52 heavy (non-hydrogen) atoms. The number of alkyl carbamates (subject to hydrolysis) is 1. The van der Waals surface area contributed by atoms with E-state index < -0.39 is 53.6 Å². The molecular formula is C39H59BrClN5O6. The first-order valence-corrected chi connectivity index (χ1v) is 19.2. The minimum absolute atomic E-state index is 0.000835. The molecule has 0 aromatic heterocycles. The molecule has 4 atom stereocenters. The Morgan fingerprint density at radius 2 is 1.60 bits per heavy atom. The standard InChI is InChI=1S/C39H59BrClN5O6/c1-11-13-14-15-21-44(8)36(49)32(24-27-23-28(41)19-20-29(27)40)46(10)35(48)30(22-25(3)4)42-34(47)31(16-12-2)45(9)37(50)33(26-17-18-26)43-38(51)52-39(5,6)7/h11-12,19-20,23,25-26,30-33H,1-2,13-18,21-22,24H2,3-10H3,(H,42,47)(H,43,51)/t30-,31-,32-,33-/m0/s1. The molecule has 0 bridgehead atoms. The van der Waals surface area contributed by atoms with Crippen molar-refractivity contribution in [1.82, 2.24) is 25.3 Å². The molecule has 13 heteroatoms. The number of allylic oxidation sites excluding steroid dienone is 1. The fourth-order valence-electron chi connectivity index (χ4n) is 5.88. The number of nitrogens with one attached hydrogen (secondary N) is 2. The van der Waals surface area contributed by atoms with Crippen LogP contribution in [0.25, 0.3) is 0 Å². The van der Waals surface area contributed by atoms with Crippen molar-refractivity contribution in [2.45, 2.75) is 116 Å². The first-order chi connectivity index (χ1) is 24.3. The number of likely N-dealkylation sites (N-methyl/N-ethyl adjacent to an activating group) is 3. The molecule has 1 aromatic carbocycles. The smallest absolute Gasteiger partial charge is 0.408 e. The Balaban J connectivity index is 2.38. The number of ether oxygens (including phenoxy) is 1. The van der Waals surface area contributed by atoms with E-state index >= 15 is 0 Å². The zero-order chi connectivity index (χ0) is 39.3. The number of carbonyl (C=O) groups is 5. The molecule has 0 radical (unpaired) electrons. The van der Waals surface area contributed by atoms with E-state index in [-0.39, 0.29) is 37.0 Å². The van der Waals surface area contributed by atoms with Crippen molar-refractivity contribution in [3.63, 3.8) is 0 Å². The van der Waals surface area contributed by atoms with E-state index in [9.17, 15) is 24.0 Å². The van der Waals surface area contributed by atoms with Gasteiger partial charge < -0.3 is 30.1 Å². The van der Waals surface area contributed by atoms with Crippen molar-refractivity contribution < 1.29 is 28.7 Å². The molecule has 1 fully saturated rings. The van der Waals surface area contributed by atoms with Gasteiger partial charge >= 0.3 is 6.09 Å². The Bertz CT molecular complexity index is 1430. The molecule has 5 amide bonds. The van der Waals surface area contributed by atoms with Crippen LogP contribution in [-0.4, -0.2) is 102 Å². The zero-order valence-electron chi connectivity index (χ0n) is 32.2. The van der Waals surface area contributed by atoms with Crippen molar-refractivity contribution in [3.05, 3.63) is 58.6 Å². The second-order valence-corrected chi connectivity index (χ2v) is 16.4. The number of nitrogens with zero attached hydrogens (tertiary/aromatic N) is 3. The van der Waals surface area contributed by atoms with Gasteiger partial charge in [0.25, 0.3) is 0 Å². The lowest BCUT2D eigenvalue weighted by atomic mass is 9.98. The Morgan fingerprint density at radius 3 is 2.15 bits per heavy atom. The molecule has 2 rings (SSSR count). The van der Waals surface area contributed by atoms with Crippen LogP contribution in [0.3, 0.4) is 0 Å². The molecule has 1 aromatic rings. The number of benzene rings is 1. The van der Waals surface area contributed by atoms with Gasteiger partial charge in [-0.1, -0.05) is 53.5 Å². The SMILES string of the molecule is C=CCCCCN(C)C(=O)[C@H](Cc1cc(Cl)ccc1Br)N(C)C(=O)[C@H](CC(C)C)NC(=O)[C@H](CC=C)N(C)C(=O)[C@@H](NC(=O)OC(C)(C)C)C1CC1. The highest BCUT2D eigenvalue weighted by atomic mass is 79.9. The third-order valence-electron chi connectivity index (χ3n) is 8.91. The third-order valence-corrected chi connectivity index (χ3v) is 9.92. The van der Waals surface area contributed by atoms with E-state index in [0.717, 1.165) is 42.1 Å². The Kier molecular flexibility index (Phi) is 17.9. The monoisotopic (exact) mass is 807 g/mol. The van der Waals surface area contributed by atoms with Crippen LogP contribution in [0.15, 0.2) is 48.0 Å². The lowest BCUT2D eigenvalue weighted by Gasteiger charge is -2.35. The van der Waals surface area contributed by atoms with Crippen molar-refractivity contribution in [2.75, 3.05) is 27.7 Å². The number of unbranched alkanes of at least 4 members (excludes halogenated alkanes) is 2. The summed E-state index contributed by atoms with van der Waals surface area (Å²) in [7, 11) is 4.81. The minimum Gasteiger partial charge on any atom is -0.444 e. The van der Waals surface area contributed by atoms with Gasteiger partial charge in [-0.05, 0) is 101 Å². The number of amides is 5. The Hall–Kier alpha value is -3.38. The summed E-state index contributed by atoms with van der Waals surface area (Å²) in [5, 5.41) is 6.12. The molecule has 1 saturated carbocycles. The van der Waals surface area contributed by atoms with Gasteiger partial charge in [0.2, 0.25) is 23.6 Å². The summed E-state index contributed by atoms with van der Waals surface area (Å²) in [6.07, 6.45) is 7.26. The topological polar surface area (TPSA) is 128 Å². The molecule has 0 heterocycles. The van der Waals surface area contributed by atoms with Crippen LogP contribution in [0.1, 0.15) is 85.1 Å². The molecule has 1 aliphatic carbocycles. The molecule has 11 nitrogen and oxygen atoms in total. The summed E-state index contributed by atoms with van der Waals surface area (Å²) in [6.45, 7) is 17.2. The summed E-state index contributed by atoms with van der Waals surface area (Å²) in [5.74, 6) is -1.74. The molecule has 0 unspecified atom stereocenters. The molecule has 2 N–H and O–H groups in total. The molecule has 0 saturated heterocycles. The first-order valence-electron chi connectivity index (χ1n) is 18.0. The predicted octanol–water partition coefficient (Wildman–Crippen LogP) is 6.52. The van der Waals surface area contributed by atoms with Crippen LogP contribution < -0.4 is 10.6 Å². The summed E-state index contributed by atoms with van der Waals surface area (Å²) in [5.41, 5.74) is 0.00454. The van der Waals surface area contributed by atoms with Gasteiger partial charge in [0.15, 0.2) is 0 Å². The third kappa shape index (κ3) is 14.2. The fraction of sp³-hybridized carbons (Fsp3) is 0.615. The average molecular weight is 809 g/mol. The Morgan fingerprint density at radius 1 is 0.962 bits per heavy atom. The van der Waals surface area contributed by atoms with E-state index in [1.54, 1.807) is 58.0 Å². The van der Waals surface area contributed by atoms with Gasteiger partial charge in [0.1, 0.15) is 29.8 Å². The van der Waals surface area contributed by atoms with Gasteiger partial charge in [0.05, 0.1) is 0 Å². The predicted molar refractivity (Wildman–Crippen MR) is 210 cm³/mol. The maximum absolute atomic E-state index is 14.4. The summed E-state index contributed by atoms with van der Waals surface area (Å²) in [6, 6.07) is 1.53. The second-order valence-electron chi connectivity index (χ2n) is 15.1. The molecule has 0 spiro atoms. The normalized spacial score (nSPS) is 15.1. The molecule has 0 aliphatic heterocycles. The zero-order valence-corrected chi connectivity index (χ0v) is 34.5. The lowest BCUT2D eigenvalue weighted by molar-refractivity contribution is -0.147. The van der Waals surface area contributed by atoms with E-state index in [1.165, 1.54) is 22.9 Å². The van der Waals surface area contributed by atoms with Gasteiger partial charge in [0, 0.05) is 43.6 Å². The van der Waals surface area contributed by atoms with E-state index in [4.69, 9.17) is 16.3 Å². The van der Waals surface area contributed by atoms with E-state index in [1.807, 2.05) is 19.9 Å². The number of hydrogen-bond acceptors (Lipinski definition) is 6. The summed E-state index contributed by atoms with van der Waals surface area (Å²) in [4.78, 5) is 73.3. The van der Waals surface area contributed by atoms with Crippen LogP contribution in [-0.2, 0) is 30.3 Å². The Labute approximate surface area is 324 Å². The van der Waals surface area contributed by atoms with Crippen molar-refractivity contribution in [2.24, 2.45) is 11.8 Å². The summed E-state index contributed by atoms with van der Waals surface area (Å²) >= 11 is 9.89. The quantitative estimate of drug-likeness (QED) is 0.114. The molecule has 290 valence electrons. The van der Waals surface area contributed by atoms with Crippen LogP contribution in [0, 0.1) is 11.8 Å². The van der Waals surface area contributed by atoms with Crippen molar-refractivity contribution in [1.29, 1.82) is 0 Å². The highest BCUT2D eigenvalue weighted by Crippen LogP contribution is 2.34. The number of rotatable bonds is 20. The molecular weight excluding hydrogens is 750 g/mol.